The molecule has 128 valence electrons. The quantitative estimate of drug-likeness (QED) is 0.352. The number of nitrogens with one attached hydrogen (secondary N) is 1. The molecule has 0 saturated carbocycles. The minimum Gasteiger partial charge on any atom is -0.354 e. The van der Waals surface area contributed by atoms with Crippen LogP contribution in [0.15, 0.2) is 83.8 Å². The first-order valence-electron chi connectivity index (χ1n) is 8.30. The molecule has 1 aromatic heterocycles. The van der Waals surface area contributed by atoms with Crippen molar-refractivity contribution in [3.8, 4) is 11.3 Å². The van der Waals surface area contributed by atoms with Crippen molar-refractivity contribution >= 4 is 28.4 Å². The van der Waals surface area contributed by atoms with Crippen molar-refractivity contribution in [1.29, 1.82) is 0 Å². The number of carbonyl (C=O) groups excluding carboxylic acids is 1. The highest BCUT2D eigenvalue weighted by atomic mass is 32.2. The lowest BCUT2D eigenvalue weighted by atomic mass is 10.0. The normalized spacial score (nSPS) is 11.0. The number of para-hydroxylation sites is 1. The van der Waals surface area contributed by atoms with Gasteiger partial charge in [0.1, 0.15) is 5.82 Å². The summed E-state index contributed by atoms with van der Waals surface area (Å²) in [7, 11) is 0. The second-order valence-corrected chi connectivity index (χ2v) is 7.00. The van der Waals surface area contributed by atoms with Crippen molar-refractivity contribution in [2.45, 2.75) is 4.90 Å². The Kier molecular flexibility index (Phi) is 4.59. The zero-order valence-electron chi connectivity index (χ0n) is 13.9. The highest BCUT2D eigenvalue weighted by Crippen LogP contribution is 2.32. The molecule has 0 aliphatic heterocycles. The van der Waals surface area contributed by atoms with Crippen molar-refractivity contribution in [2.24, 2.45) is 0 Å². The van der Waals surface area contributed by atoms with Crippen molar-refractivity contribution < 1.29 is 9.18 Å². The van der Waals surface area contributed by atoms with Gasteiger partial charge in [-0.05, 0) is 35.9 Å². The molecule has 0 bridgehead atoms. The van der Waals surface area contributed by atoms with Crippen LogP contribution in [0.4, 0.5) is 4.39 Å². The molecule has 4 aromatic rings. The van der Waals surface area contributed by atoms with Gasteiger partial charge in [0.15, 0.2) is 5.78 Å². The standard InChI is InChI=1S/C22H16FNOS/c23-16-10-12-17(13-11-16)26-14-20(25)21-18-8-4-5-9-19(18)24-22(21)15-6-2-1-3-7-15/h1-13,24H,14H2. The number of H-pyrrole nitrogens is 1. The largest absolute Gasteiger partial charge is 0.354 e. The number of aromatic nitrogens is 1. The lowest BCUT2D eigenvalue weighted by molar-refractivity contribution is 0.102. The topological polar surface area (TPSA) is 32.9 Å². The summed E-state index contributed by atoms with van der Waals surface area (Å²) in [6.07, 6.45) is 0. The number of Topliss-reactive ketones (excluding diaryl/α,β-unsaturated/α-hetero) is 1. The number of rotatable bonds is 5. The third-order valence-electron chi connectivity index (χ3n) is 4.23. The van der Waals surface area contributed by atoms with Crippen LogP contribution in [-0.4, -0.2) is 16.5 Å². The summed E-state index contributed by atoms with van der Waals surface area (Å²) in [5.41, 5.74) is 3.48. The molecule has 3 aromatic carbocycles. The number of hydrogen-bond donors (Lipinski definition) is 1. The van der Waals surface area contributed by atoms with E-state index in [1.165, 1.54) is 23.9 Å². The van der Waals surface area contributed by atoms with Crippen molar-refractivity contribution in [1.82, 2.24) is 4.98 Å². The summed E-state index contributed by atoms with van der Waals surface area (Å²) in [6.45, 7) is 0. The Morgan fingerprint density at radius 1 is 0.885 bits per heavy atom. The fourth-order valence-corrected chi connectivity index (χ4v) is 3.78. The molecule has 0 radical (unpaired) electrons. The molecule has 0 saturated heterocycles. The zero-order valence-corrected chi connectivity index (χ0v) is 14.7. The first-order valence-corrected chi connectivity index (χ1v) is 9.28. The van der Waals surface area contributed by atoms with Gasteiger partial charge in [-0.2, -0.15) is 0 Å². The third-order valence-corrected chi connectivity index (χ3v) is 5.24. The number of thioether (sulfide) groups is 1. The monoisotopic (exact) mass is 361 g/mol. The molecule has 0 fully saturated rings. The van der Waals surface area contributed by atoms with Gasteiger partial charge in [0.2, 0.25) is 0 Å². The molecule has 26 heavy (non-hydrogen) atoms. The summed E-state index contributed by atoms with van der Waals surface area (Å²) in [5.74, 6) is 0.0760. The van der Waals surface area contributed by atoms with Gasteiger partial charge in [0.25, 0.3) is 0 Å². The number of ketones is 1. The molecular weight excluding hydrogens is 345 g/mol. The fourth-order valence-electron chi connectivity index (χ4n) is 3.00. The van der Waals surface area contributed by atoms with E-state index in [1.807, 2.05) is 54.6 Å². The summed E-state index contributed by atoms with van der Waals surface area (Å²) in [6, 6.07) is 23.9. The minimum atomic E-state index is -0.274. The van der Waals surface area contributed by atoms with E-state index >= 15 is 0 Å². The predicted octanol–water partition coefficient (Wildman–Crippen LogP) is 5.95. The number of aromatic amines is 1. The predicted molar refractivity (Wildman–Crippen MR) is 105 cm³/mol. The van der Waals surface area contributed by atoms with E-state index in [2.05, 4.69) is 4.98 Å². The second-order valence-electron chi connectivity index (χ2n) is 5.95. The molecule has 4 rings (SSSR count). The van der Waals surface area contributed by atoms with Crippen LogP contribution < -0.4 is 0 Å². The van der Waals surface area contributed by atoms with E-state index in [4.69, 9.17) is 0 Å². The van der Waals surface area contributed by atoms with E-state index < -0.39 is 0 Å². The first kappa shape index (κ1) is 16.6. The summed E-state index contributed by atoms with van der Waals surface area (Å²) < 4.78 is 13.0. The van der Waals surface area contributed by atoms with Crippen LogP contribution in [0.2, 0.25) is 0 Å². The molecule has 0 aliphatic rings. The number of carbonyl (C=O) groups is 1. The molecule has 2 nitrogen and oxygen atoms in total. The Bertz CT molecular complexity index is 1050. The van der Waals surface area contributed by atoms with Gasteiger partial charge in [0.05, 0.1) is 17.0 Å². The second kappa shape index (κ2) is 7.18. The Hall–Kier alpha value is -2.85. The van der Waals surface area contributed by atoms with Crippen molar-refractivity contribution in [2.75, 3.05) is 5.75 Å². The molecule has 0 aliphatic carbocycles. The van der Waals surface area contributed by atoms with Crippen LogP contribution in [0.25, 0.3) is 22.2 Å². The Morgan fingerprint density at radius 2 is 1.58 bits per heavy atom. The van der Waals surface area contributed by atoms with Crippen LogP contribution in [-0.2, 0) is 0 Å². The van der Waals surface area contributed by atoms with Crippen molar-refractivity contribution in [3.63, 3.8) is 0 Å². The van der Waals surface area contributed by atoms with Crippen LogP contribution in [0.3, 0.4) is 0 Å². The van der Waals surface area contributed by atoms with E-state index in [0.717, 1.165) is 27.1 Å². The van der Waals surface area contributed by atoms with Crippen LogP contribution >= 0.6 is 11.8 Å². The van der Waals surface area contributed by atoms with Crippen LogP contribution in [0.1, 0.15) is 10.4 Å². The van der Waals surface area contributed by atoms with E-state index in [-0.39, 0.29) is 11.6 Å². The van der Waals surface area contributed by atoms with Gasteiger partial charge in [0, 0.05) is 15.8 Å². The third kappa shape index (κ3) is 3.28. The first-order chi connectivity index (χ1) is 12.7. The van der Waals surface area contributed by atoms with Gasteiger partial charge in [-0.15, -0.1) is 11.8 Å². The molecule has 0 spiro atoms. The highest BCUT2D eigenvalue weighted by Gasteiger charge is 2.19. The number of hydrogen-bond acceptors (Lipinski definition) is 2. The maximum atomic E-state index is 13.0. The summed E-state index contributed by atoms with van der Waals surface area (Å²) >= 11 is 1.42. The molecular formula is C22H16FNOS. The van der Waals surface area contributed by atoms with Crippen LogP contribution in [0, 0.1) is 5.82 Å². The number of halogens is 1. The van der Waals surface area contributed by atoms with Crippen molar-refractivity contribution in [3.05, 3.63) is 90.2 Å². The number of benzene rings is 3. The van der Waals surface area contributed by atoms with E-state index in [0.29, 0.717) is 11.3 Å². The SMILES string of the molecule is O=C(CSc1ccc(F)cc1)c1c(-c2ccccc2)[nH]c2ccccc12. The van der Waals surface area contributed by atoms with Gasteiger partial charge in [-0.25, -0.2) is 4.39 Å². The van der Waals surface area contributed by atoms with Gasteiger partial charge in [-0.1, -0.05) is 48.5 Å². The smallest absolute Gasteiger partial charge is 0.175 e. The number of fused-ring (bicyclic) bond motifs is 1. The van der Waals surface area contributed by atoms with Crippen LogP contribution in [0.5, 0.6) is 0 Å². The average Bonchev–Trinajstić information content (AvgIpc) is 3.08. The Labute approximate surface area is 155 Å². The highest BCUT2D eigenvalue weighted by molar-refractivity contribution is 8.00. The molecule has 1 N–H and O–H groups in total. The molecule has 1 heterocycles. The lowest BCUT2D eigenvalue weighted by Crippen LogP contribution is -2.03. The Morgan fingerprint density at radius 3 is 2.35 bits per heavy atom. The molecule has 0 amide bonds. The summed E-state index contributed by atoms with van der Waals surface area (Å²) in [5, 5.41) is 0.927. The minimum absolute atomic E-state index is 0.0515. The maximum absolute atomic E-state index is 13.0. The average molecular weight is 361 g/mol. The summed E-state index contributed by atoms with van der Waals surface area (Å²) in [4.78, 5) is 17.3. The van der Waals surface area contributed by atoms with Gasteiger partial charge < -0.3 is 4.98 Å². The maximum Gasteiger partial charge on any atom is 0.175 e. The molecule has 0 atom stereocenters. The van der Waals surface area contributed by atoms with Gasteiger partial charge >= 0.3 is 0 Å². The molecule has 4 heteroatoms. The van der Waals surface area contributed by atoms with Gasteiger partial charge in [-0.3, -0.25) is 4.79 Å². The van der Waals surface area contributed by atoms with E-state index in [9.17, 15) is 9.18 Å². The zero-order chi connectivity index (χ0) is 17.9. The molecule has 0 unspecified atom stereocenters. The fraction of sp³-hybridized carbons (Fsp3) is 0.0455. The van der Waals surface area contributed by atoms with E-state index in [1.54, 1.807) is 12.1 Å². The lowest BCUT2D eigenvalue weighted by Gasteiger charge is -2.05. The Balaban J connectivity index is 1.70.